The quantitative estimate of drug-likeness (QED) is 0.0688. The fourth-order valence-electron chi connectivity index (χ4n) is 6.93. The Morgan fingerprint density at radius 1 is 0.754 bits per heavy atom. The molecule has 0 spiro atoms. The van der Waals surface area contributed by atoms with E-state index in [1.165, 1.54) is 24.3 Å². The summed E-state index contributed by atoms with van der Waals surface area (Å²) >= 11 is 0. The van der Waals surface area contributed by atoms with Crippen molar-refractivity contribution in [2.45, 2.75) is 50.6 Å². The average Bonchev–Trinajstić information content (AvgIpc) is 3.18. The first-order valence-electron chi connectivity index (χ1n) is 18.4. The number of nitrogens with one attached hydrogen (secondary N) is 1. The van der Waals surface area contributed by atoms with E-state index in [4.69, 9.17) is 0 Å². The molecule has 0 aromatic heterocycles. The van der Waals surface area contributed by atoms with Gasteiger partial charge in [0.15, 0.2) is 12.3 Å². The summed E-state index contributed by atoms with van der Waals surface area (Å²) in [5, 5.41) is 3.47. The fourth-order valence-corrected chi connectivity index (χ4v) is 8.02. The number of nitrogens with zero attached hydrogens (tertiary/aromatic N) is 2. The maximum atomic E-state index is 11.8. The first-order chi connectivity index (χ1) is 26.7. The van der Waals surface area contributed by atoms with Crippen molar-refractivity contribution >= 4 is 78.1 Å². The molecule has 0 fully saturated rings. The number of allylic oxidation sites excluding steroid dienone is 5. The number of para-hydroxylation sites is 1. The van der Waals surface area contributed by atoms with E-state index in [1.54, 1.807) is 12.1 Å². The molecule has 1 aliphatic carbocycles. The third kappa shape index (κ3) is 10.9. The standard InChI is InChI=1S/C45H45N3O6S2.Na/c1-5-47(30-34-12-10-16-41(28-34)55(49,50)51)39-22-24-43(32(3)26-39)45(36-18-20-38(21-19-36)46-37-14-8-7-9-15-37)44-25-23-40(27-33(44)4)48(6-2)31-35-13-11-17-42(29-35)56(52,53)54;/h7-29H,5-6,30-31H2,1-4H3,(H2,49,50,51,52,53,54);. The van der Waals surface area contributed by atoms with Gasteiger partial charge in [0.1, 0.15) is 16.7 Å². The van der Waals surface area contributed by atoms with Crippen molar-refractivity contribution < 1.29 is 30.5 Å². The van der Waals surface area contributed by atoms with Crippen LogP contribution in [0.4, 0.5) is 17.1 Å². The Morgan fingerprint density at radius 3 is 2.02 bits per heavy atom. The summed E-state index contributed by atoms with van der Waals surface area (Å²) in [5.74, 6) is 0. The minimum absolute atomic E-state index is 0. The van der Waals surface area contributed by atoms with Gasteiger partial charge in [0.05, 0.1) is 9.79 Å². The second-order valence-electron chi connectivity index (χ2n) is 13.7. The van der Waals surface area contributed by atoms with E-state index in [2.05, 4.69) is 89.3 Å². The Kier molecular flexibility index (Phi) is 14.3. The number of rotatable bonds is 13. The van der Waals surface area contributed by atoms with Crippen LogP contribution in [-0.2, 0) is 33.3 Å². The molecule has 2 N–H and O–H groups in total. The zero-order chi connectivity index (χ0) is 40.0. The molecule has 6 rings (SSSR count). The monoisotopic (exact) mass is 810 g/mol. The average molecular weight is 811 g/mol. The summed E-state index contributed by atoms with van der Waals surface area (Å²) in [6, 6.07) is 37.3. The van der Waals surface area contributed by atoms with Crippen molar-refractivity contribution in [3.8, 4) is 0 Å². The summed E-state index contributed by atoms with van der Waals surface area (Å²) in [6.45, 7) is 10.5. The van der Waals surface area contributed by atoms with Gasteiger partial charge < -0.3 is 14.8 Å². The van der Waals surface area contributed by atoms with Gasteiger partial charge in [-0.1, -0.05) is 60.7 Å². The normalized spacial score (nSPS) is 14.7. The van der Waals surface area contributed by atoms with Gasteiger partial charge in [0.25, 0.3) is 10.1 Å². The molecule has 12 heteroatoms. The maximum Gasteiger partial charge on any atom is 0.294 e. The number of anilines is 3. The first kappa shape index (κ1) is 43.5. The predicted octanol–water partition coefficient (Wildman–Crippen LogP) is 8.53. The van der Waals surface area contributed by atoms with Crippen molar-refractivity contribution in [2.75, 3.05) is 23.3 Å². The van der Waals surface area contributed by atoms with Gasteiger partial charge in [-0.2, -0.15) is 8.42 Å². The number of aryl methyl sites for hydroxylation is 1. The molecule has 0 unspecified atom stereocenters. The van der Waals surface area contributed by atoms with E-state index in [0.717, 1.165) is 67.3 Å². The third-order valence-electron chi connectivity index (χ3n) is 9.82. The molecular formula is C45H45N3NaO6S2. The van der Waals surface area contributed by atoms with Crippen LogP contribution in [0.2, 0.25) is 0 Å². The second kappa shape index (κ2) is 18.8. The van der Waals surface area contributed by atoms with Crippen LogP contribution in [0.15, 0.2) is 160 Å². The minimum Gasteiger partial charge on any atom is -0.744 e. The first-order valence-corrected chi connectivity index (χ1v) is 21.2. The molecule has 289 valence electrons. The number of benzene rings is 5. The molecule has 0 atom stereocenters. The molecule has 57 heavy (non-hydrogen) atoms. The smallest absolute Gasteiger partial charge is 0.294 e. The third-order valence-corrected chi connectivity index (χ3v) is 11.5. The Balaban J connectivity index is 0.00000620. The number of hydrogen-bond donors (Lipinski definition) is 2. The topological polar surface area (TPSA) is 130 Å². The predicted molar refractivity (Wildman–Crippen MR) is 229 cm³/mol. The van der Waals surface area contributed by atoms with E-state index in [0.29, 0.717) is 26.2 Å². The van der Waals surface area contributed by atoms with Crippen molar-refractivity contribution in [1.82, 2.24) is 0 Å². The molecule has 0 saturated heterocycles. The summed E-state index contributed by atoms with van der Waals surface area (Å²) in [7, 11) is -8.88. The Hall–Kier alpha value is -4.59. The number of hydrogen-bond acceptors (Lipinski definition) is 7. The van der Waals surface area contributed by atoms with Crippen LogP contribution < -0.4 is 10.2 Å². The SMILES string of the molecule is CCN(Cc1cccc(S(=O)(=O)[O-])c1)c1ccc(/C(=C2/C=CC(=[N+](CC)Cc3cccc(S(=O)(=O)O)c3)C=C2C)c2ccc(Nc3ccccc3)cc2)c(C)c1.[Na]. The molecule has 1 radical (unpaired) electrons. The van der Waals surface area contributed by atoms with Crippen LogP contribution in [-0.4, -0.2) is 78.9 Å². The Bertz CT molecular complexity index is 2600. The van der Waals surface area contributed by atoms with Crippen LogP contribution in [0.5, 0.6) is 0 Å². The van der Waals surface area contributed by atoms with E-state index in [-0.39, 0.29) is 39.3 Å². The van der Waals surface area contributed by atoms with Gasteiger partial charge in [-0.3, -0.25) is 4.55 Å². The molecular weight excluding hydrogens is 766 g/mol. The summed E-state index contributed by atoms with van der Waals surface area (Å²) in [4.78, 5) is 1.77. The van der Waals surface area contributed by atoms with Crippen molar-refractivity contribution in [3.05, 3.63) is 179 Å². The summed E-state index contributed by atoms with van der Waals surface area (Å²) < 4.78 is 70.4. The van der Waals surface area contributed by atoms with E-state index >= 15 is 0 Å². The Morgan fingerprint density at radius 2 is 1.40 bits per heavy atom. The minimum atomic E-state index is -4.57. The molecule has 1 aliphatic rings. The van der Waals surface area contributed by atoms with Crippen molar-refractivity contribution in [2.24, 2.45) is 0 Å². The van der Waals surface area contributed by atoms with Crippen LogP contribution in [0, 0.1) is 6.92 Å². The molecule has 5 aromatic rings. The summed E-state index contributed by atoms with van der Waals surface area (Å²) in [5.41, 5.74) is 11.7. The molecule has 0 amide bonds. The van der Waals surface area contributed by atoms with Gasteiger partial charge in [-0.25, -0.2) is 13.0 Å². The van der Waals surface area contributed by atoms with Gasteiger partial charge >= 0.3 is 0 Å². The van der Waals surface area contributed by atoms with Crippen LogP contribution in [0.3, 0.4) is 0 Å². The maximum absolute atomic E-state index is 11.8. The Labute approximate surface area is 358 Å². The fraction of sp³-hybridized carbons (Fsp3) is 0.178. The van der Waals surface area contributed by atoms with Gasteiger partial charge in [-0.15, -0.1) is 0 Å². The summed E-state index contributed by atoms with van der Waals surface area (Å²) in [6.07, 6.45) is 6.37. The van der Waals surface area contributed by atoms with Crippen molar-refractivity contribution in [1.29, 1.82) is 0 Å². The largest absolute Gasteiger partial charge is 0.744 e. The molecule has 0 bridgehead atoms. The van der Waals surface area contributed by atoms with Gasteiger partial charge in [-0.05, 0) is 133 Å². The molecule has 5 aromatic carbocycles. The molecule has 0 heterocycles. The molecule has 0 saturated carbocycles. The van der Waals surface area contributed by atoms with E-state index in [1.807, 2.05) is 56.3 Å². The van der Waals surface area contributed by atoms with Crippen LogP contribution in [0.25, 0.3) is 5.57 Å². The van der Waals surface area contributed by atoms with Crippen LogP contribution >= 0.6 is 0 Å². The van der Waals surface area contributed by atoms with E-state index < -0.39 is 20.2 Å². The van der Waals surface area contributed by atoms with Gasteiger partial charge in [0.2, 0.25) is 0 Å². The van der Waals surface area contributed by atoms with Crippen molar-refractivity contribution in [3.63, 3.8) is 0 Å². The second-order valence-corrected chi connectivity index (χ2v) is 16.5. The van der Waals surface area contributed by atoms with E-state index in [9.17, 15) is 25.9 Å². The molecule has 9 nitrogen and oxygen atoms in total. The zero-order valence-corrected chi connectivity index (χ0v) is 36.4. The zero-order valence-electron chi connectivity index (χ0n) is 32.8. The van der Waals surface area contributed by atoms with Gasteiger partial charge in [0, 0.05) is 77.4 Å². The van der Waals surface area contributed by atoms with Crippen LogP contribution in [0.1, 0.15) is 48.6 Å². The molecule has 0 aliphatic heterocycles.